The van der Waals surface area contributed by atoms with E-state index < -0.39 is 5.97 Å². The van der Waals surface area contributed by atoms with Crippen molar-refractivity contribution in [3.8, 4) is 0 Å². The Morgan fingerprint density at radius 2 is 2.29 bits per heavy atom. The molecular formula is C9H9N3O2S3. The van der Waals surface area contributed by atoms with Crippen LogP contribution in [-0.4, -0.2) is 27.8 Å². The Morgan fingerprint density at radius 3 is 2.94 bits per heavy atom. The first kappa shape index (κ1) is 12.5. The van der Waals surface area contributed by atoms with Crippen LogP contribution in [0.3, 0.4) is 0 Å². The number of ether oxygens (including phenoxy) is 1. The number of aryl methyl sites for hydroxylation is 1. The van der Waals surface area contributed by atoms with Crippen LogP contribution in [0.15, 0.2) is 14.1 Å². The van der Waals surface area contributed by atoms with Crippen LogP contribution in [0.25, 0.3) is 0 Å². The molecule has 0 aliphatic rings. The van der Waals surface area contributed by atoms with E-state index in [0.717, 1.165) is 10.0 Å². The van der Waals surface area contributed by atoms with Gasteiger partial charge in [0.05, 0.1) is 6.61 Å². The molecule has 0 aliphatic heterocycles. The molecule has 0 atom stereocenters. The van der Waals surface area contributed by atoms with E-state index in [4.69, 9.17) is 4.74 Å². The van der Waals surface area contributed by atoms with Gasteiger partial charge in [-0.2, -0.15) is 0 Å². The van der Waals surface area contributed by atoms with Crippen molar-refractivity contribution in [2.45, 2.75) is 22.5 Å². The topological polar surface area (TPSA) is 65.0 Å². The molecule has 0 saturated carbocycles. The van der Waals surface area contributed by atoms with Gasteiger partial charge in [0.15, 0.2) is 8.68 Å². The summed E-state index contributed by atoms with van der Waals surface area (Å²) in [6.07, 6.45) is 0. The van der Waals surface area contributed by atoms with Gasteiger partial charge in [0.2, 0.25) is 5.01 Å². The highest BCUT2D eigenvalue weighted by Gasteiger charge is 2.15. The average Bonchev–Trinajstić information content (AvgIpc) is 2.89. The van der Waals surface area contributed by atoms with Gasteiger partial charge in [0.1, 0.15) is 0 Å². The zero-order valence-electron chi connectivity index (χ0n) is 9.17. The molecule has 2 heterocycles. The monoisotopic (exact) mass is 287 g/mol. The fourth-order valence-corrected chi connectivity index (χ4v) is 3.76. The minimum Gasteiger partial charge on any atom is -0.461 e. The lowest BCUT2D eigenvalue weighted by Gasteiger charge is -1.94. The van der Waals surface area contributed by atoms with Gasteiger partial charge in [-0.1, -0.05) is 11.3 Å². The first-order valence-corrected chi connectivity index (χ1v) is 7.31. The molecular weight excluding hydrogens is 278 g/mol. The van der Waals surface area contributed by atoms with Crippen molar-refractivity contribution in [2.75, 3.05) is 6.61 Å². The Hall–Kier alpha value is -0.990. The normalized spacial score (nSPS) is 10.5. The maximum atomic E-state index is 11.4. The van der Waals surface area contributed by atoms with E-state index in [1.165, 1.54) is 23.1 Å². The van der Waals surface area contributed by atoms with Crippen molar-refractivity contribution in [1.29, 1.82) is 0 Å². The van der Waals surface area contributed by atoms with Crippen LogP contribution in [0.5, 0.6) is 0 Å². The Bertz CT molecular complexity index is 523. The molecule has 0 amide bonds. The molecule has 0 unspecified atom stereocenters. The van der Waals surface area contributed by atoms with Crippen LogP contribution in [-0.2, 0) is 4.74 Å². The third-order valence-electron chi connectivity index (χ3n) is 1.63. The van der Waals surface area contributed by atoms with Crippen molar-refractivity contribution in [3.63, 3.8) is 0 Å². The number of carbonyl (C=O) groups excluding carboxylic acids is 1. The number of carbonyl (C=O) groups is 1. The Morgan fingerprint density at radius 1 is 1.47 bits per heavy atom. The fourth-order valence-electron chi connectivity index (χ4n) is 0.980. The Kier molecular flexibility index (Phi) is 4.08. The van der Waals surface area contributed by atoms with Crippen LogP contribution in [0.4, 0.5) is 0 Å². The van der Waals surface area contributed by atoms with Gasteiger partial charge in [-0.25, -0.2) is 9.78 Å². The number of thiazole rings is 1. The fraction of sp³-hybridized carbons (Fsp3) is 0.333. The molecule has 8 heteroatoms. The van der Waals surface area contributed by atoms with Crippen LogP contribution in [0.2, 0.25) is 0 Å². The lowest BCUT2D eigenvalue weighted by atomic mass is 10.6. The van der Waals surface area contributed by atoms with Crippen LogP contribution >= 0.6 is 34.4 Å². The summed E-state index contributed by atoms with van der Waals surface area (Å²) in [6, 6.07) is 0. The minimum atomic E-state index is -0.424. The molecule has 0 aromatic carbocycles. The molecule has 5 nitrogen and oxygen atoms in total. The summed E-state index contributed by atoms with van der Waals surface area (Å²) in [5.74, 6) is -0.424. The predicted octanol–water partition coefficient (Wildman–Crippen LogP) is 2.63. The summed E-state index contributed by atoms with van der Waals surface area (Å²) >= 11 is 4.17. The molecule has 2 aromatic heterocycles. The van der Waals surface area contributed by atoms with Gasteiger partial charge < -0.3 is 4.74 Å². The van der Waals surface area contributed by atoms with Gasteiger partial charge in [-0.05, 0) is 25.6 Å². The highest BCUT2D eigenvalue weighted by atomic mass is 32.2. The molecule has 2 rings (SSSR count). The van der Waals surface area contributed by atoms with Crippen LogP contribution < -0.4 is 0 Å². The predicted molar refractivity (Wildman–Crippen MR) is 66.8 cm³/mol. The van der Waals surface area contributed by atoms with Crippen molar-refractivity contribution in [2.24, 2.45) is 0 Å². The second kappa shape index (κ2) is 5.56. The Balaban J connectivity index is 2.06. The quantitative estimate of drug-likeness (QED) is 0.805. The van der Waals surface area contributed by atoms with Crippen LogP contribution in [0.1, 0.15) is 22.4 Å². The maximum absolute atomic E-state index is 11.4. The zero-order chi connectivity index (χ0) is 12.3. The van der Waals surface area contributed by atoms with Gasteiger partial charge >= 0.3 is 5.97 Å². The molecule has 0 bridgehead atoms. The van der Waals surface area contributed by atoms with E-state index in [1.807, 2.05) is 12.3 Å². The van der Waals surface area contributed by atoms with Crippen molar-refractivity contribution in [3.05, 3.63) is 16.1 Å². The number of aromatic nitrogens is 3. The summed E-state index contributed by atoms with van der Waals surface area (Å²) in [7, 11) is 0. The van der Waals surface area contributed by atoms with E-state index >= 15 is 0 Å². The Labute approximate surface area is 110 Å². The standard InChI is InChI=1S/C9H9N3O2S3/c1-3-14-7(13)6-11-12-9(16-6)17-8-10-5(2)4-15-8/h4H,3H2,1-2H3. The molecule has 0 saturated heterocycles. The highest BCUT2D eigenvalue weighted by Crippen LogP contribution is 2.32. The van der Waals surface area contributed by atoms with E-state index in [9.17, 15) is 4.79 Å². The van der Waals surface area contributed by atoms with Gasteiger partial charge in [-0.15, -0.1) is 21.5 Å². The van der Waals surface area contributed by atoms with E-state index in [2.05, 4.69) is 15.2 Å². The summed E-state index contributed by atoms with van der Waals surface area (Å²) in [6.45, 7) is 4.03. The maximum Gasteiger partial charge on any atom is 0.369 e. The number of rotatable bonds is 4. The molecule has 90 valence electrons. The molecule has 0 spiro atoms. The van der Waals surface area contributed by atoms with Crippen molar-refractivity contribution >= 4 is 40.4 Å². The number of hydrogen-bond acceptors (Lipinski definition) is 8. The van der Waals surface area contributed by atoms with E-state index in [-0.39, 0.29) is 5.01 Å². The third kappa shape index (κ3) is 3.24. The largest absolute Gasteiger partial charge is 0.461 e. The van der Waals surface area contributed by atoms with Crippen LogP contribution in [0, 0.1) is 6.92 Å². The van der Waals surface area contributed by atoms with E-state index in [1.54, 1.807) is 18.3 Å². The molecule has 17 heavy (non-hydrogen) atoms. The zero-order valence-corrected chi connectivity index (χ0v) is 11.6. The SMILES string of the molecule is CCOC(=O)c1nnc(Sc2nc(C)cs2)s1. The van der Waals surface area contributed by atoms with Crippen molar-refractivity contribution in [1.82, 2.24) is 15.2 Å². The average molecular weight is 287 g/mol. The summed E-state index contributed by atoms with van der Waals surface area (Å²) in [5.41, 5.74) is 0.979. The first-order chi connectivity index (χ1) is 8.19. The second-order valence-electron chi connectivity index (χ2n) is 2.95. The molecule has 0 N–H and O–H groups in total. The highest BCUT2D eigenvalue weighted by molar-refractivity contribution is 8.02. The number of hydrogen-bond donors (Lipinski definition) is 0. The minimum absolute atomic E-state index is 0.280. The lowest BCUT2D eigenvalue weighted by molar-refractivity contribution is 0.0525. The smallest absolute Gasteiger partial charge is 0.369 e. The molecule has 0 radical (unpaired) electrons. The second-order valence-corrected chi connectivity index (χ2v) is 6.28. The lowest BCUT2D eigenvalue weighted by Crippen LogP contribution is -2.03. The summed E-state index contributed by atoms with van der Waals surface area (Å²) in [5, 5.41) is 9.96. The van der Waals surface area contributed by atoms with Crippen molar-refractivity contribution < 1.29 is 9.53 Å². The first-order valence-electron chi connectivity index (χ1n) is 4.79. The van der Waals surface area contributed by atoms with Gasteiger partial charge in [-0.3, -0.25) is 0 Å². The van der Waals surface area contributed by atoms with Gasteiger partial charge in [0, 0.05) is 11.1 Å². The summed E-state index contributed by atoms with van der Waals surface area (Å²) < 4.78 is 6.44. The van der Waals surface area contributed by atoms with E-state index in [0.29, 0.717) is 10.9 Å². The number of esters is 1. The third-order valence-corrected chi connectivity index (χ3v) is 4.64. The number of nitrogens with zero attached hydrogens (tertiary/aromatic N) is 3. The van der Waals surface area contributed by atoms with Gasteiger partial charge in [0.25, 0.3) is 0 Å². The summed E-state index contributed by atoms with van der Waals surface area (Å²) in [4.78, 5) is 15.7. The molecule has 0 fully saturated rings. The molecule has 2 aromatic rings. The molecule has 0 aliphatic carbocycles.